The first-order chi connectivity index (χ1) is 18.5. The summed E-state index contributed by atoms with van der Waals surface area (Å²) >= 11 is 0. The fraction of sp³-hybridized carbons (Fsp3) is 0.345. The van der Waals surface area contributed by atoms with E-state index in [2.05, 4.69) is 0 Å². The largest absolute Gasteiger partial charge is 0.430 e. The first-order valence-electron chi connectivity index (χ1n) is 12.7. The maximum Gasteiger partial charge on any atom is 0.310 e. The van der Waals surface area contributed by atoms with Crippen LogP contribution in [0.25, 0.3) is 0 Å². The molecule has 5 aliphatic rings. The minimum absolute atomic E-state index is 0.0306. The van der Waals surface area contributed by atoms with Crippen molar-refractivity contribution in [3.8, 4) is 0 Å². The van der Waals surface area contributed by atoms with Gasteiger partial charge in [-0.1, -0.05) is 13.8 Å². The van der Waals surface area contributed by atoms with Crippen molar-refractivity contribution in [2.45, 2.75) is 27.2 Å². The number of hydrogen-bond donors (Lipinski definition) is 0. The Balaban J connectivity index is 1.53. The second-order valence-electron chi connectivity index (χ2n) is 10.6. The van der Waals surface area contributed by atoms with Gasteiger partial charge >= 0.3 is 5.97 Å². The molecule has 2 saturated heterocycles. The van der Waals surface area contributed by atoms with Gasteiger partial charge in [0.15, 0.2) is 0 Å². The van der Waals surface area contributed by atoms with E-state index in [4.69, 9.17) is 4.74 Å². The third-order valence-corrected chi connectivity index (χ3v) is 8.79. The highest BCUT2D eigenvalue weighted by Crippen LogP contribution is 2.68. The van der Waals surface area contributed by atoms with E-state index in [1.54, 1.807) is 20.8 Å². The standard InChI is InChI=1S/C29H24F2N2O6/c1-4-18(34)39-24-13(2)19-20-22(27(37)32(25(20)35)16-9-5-14(30)6-10-16)29(24,3)23-21(19)26(36)33(28(23)38)17-11-7-15(31)8-12-17/h5-12,19-23H,4H2,1-3H3. The number of rotatable bonds is 4. The number of allylic oxidation sites excluding steroid dienone is 2. The van der Waals surface area contributed by atoms with E-state index in [1.165, 1.54) is 24.3 Å². The maximum absolute atomic E-state index is 14.0. The molecule has 8 nitrogen and oxygen atoms in total. The van der Waals surface area contributed by atoms with Crippen LogP contribution in [0.15, 0.2) is 59.9 Å². The predicted octanol–water partition coefficient (Wildman–Crippen LogP) is 3.75. The summed E-state index contributed by atoms with van der Waals surface area (Å²) in [7, 11) is 0. The number of benzene rings is 2. The molecule has 2 heterocycles. The normalized spacial score (nSPS) is 31.3. The third-order valence-electron chi connectivity index (χ3n) is 8.79. The molecule has 0 N–H and O–H groups in total. The van der Waals surface area contributed by atoms with Gasteiger partial charge in [-0.3, -0.25) is 33.8 Å². The summed E-state index contributed by atoms with van der Waals surface area (Å²) in [5.74, 6) is -8.97. The quantitative estimate of drug-likeness (QED) is 0.438. The second-order valence-corrected chi connectivity index (χ2v) is 10.6. The Bertz CT molecular complexity index is 1410. The number of nitrogens with zero attached hydrogens (tertiary/aromatic N) is 2. The van der Waals surface area contributed by atoms with E-state index in [9.17, 15) is 32.8 Å². The van der Waals surface area contributed by atoms with Crippen LogP contribution in [-0.4, -0.2) is 29.6 Å². The van der Waals surface area contributed by atoms with E-state index in [0.717, 1.165) is 34.1 Å². The van der Waals surface area contributed by atoms with Gasteiger partial charge in [-0.25, -0.2) is 8.78 Å². The molecule has 39 heavy (non-hydrogen) atoms. The second kappa shape index (κ2) is 8.39. The molecule has 1 saturated carbocycles. The number of carbonyl (C=O) groups excluding carboxylic acids is 5. The molecule has 200 valence electrons. The molecule has 2 aromatic carbocycles. The van der Waals surface area contributed by atoms with Crippen LogP contribution in [-0.2, 0) is 28.7 Å². The Kier molecular flexibility index (Phi) is 5.40. The first kappa shape index (κ1) is 25.1. The van der Waals surface area contributed by atoms with Gasteiger partial charge in [0.25, 0.3) is 0 Å². The zero-order valence-corrected chi connectivity index (χ0v) is 21.3. The van der Waals surface area contributed by atoms with Crippen molar-refractivity contribution in [1.29, 1.82) is 0 Å². The lowest BCUT2D eigenvalue weighted by Gasteiger charge is -2.55. The number of esters is 1. The van der Waals surface area contributed by atoms with Crippen LogP contribution < -0.4 is 9.80 Å². The molecule has 3 fully saturated rings. The highest BCUT2D eigenvalue weighted by atomic mass is 19.1. The average Bonchev–Trinajstić information content (AvgIpc) is 3.33. The summed E-state index contributed by atoms with van der Waals surface area (Å²) in [6.07, 6.45) is 0.0306. The molecule has 2 aromatic rings. The molecule has 4 atom stereocenters. The fourth-order valence-corrected chi connectivity index (χ4v) is 7.25. The summed E-state index contributed by atoms with van der Waals surface area (Å²) in [5.41, 5.74) is -0.707. The molecule has 7 rings (SSSR count). The number of halogens is 2. The van der Waals surface area contributed by atoms with Gasteiger partial charge in [0.05, 0.1) is 40.5 Å². The SMILES string of the molecule is CCC(=O)OC1=C(C)C2C3C(=O)N(c4ccc(F)cc4)C(=O)C3C1(C)C1C(=O)N(c3ccc(F)cc3)C(=O)C21. The van der Waals surface area contributed by atoms with Crippen LogP contribution >= 0.6 is 0 Å². The van der Waals surface area contributed by atoms with Crippen molar-refractivity contribution in [2.24, 2.45) is 35.0 Å². The summed E-state index contributed by atoms with van der Waals surface area (Å²) in [5, 5.41) is 0. The van der Waals surface area contributed by atoms with Crippen LogP contribution in [0, 0.1) is 46.6 Å². The number of ether oxygens (including phenoxy) is 1. The van der Waals surface area contributed by atoms with Crippen molar-refractivity contribution in [3.05, 3.63) is 71.5 Å². The highest BCUT2D eigenvalue weighted by Gasteiger charge is 2.77. The van der Waals surface area contributed by atoms with Crippen molar-refractivity contribution >= 4 is 41.0 Å². The lowest BCUT2D eigenvalue weighted by molar-refractivity contribution is -0.160. The molecule has 10 heteroatoms. The van der Waals surface area contributed by atoms with Crippen LogP contribution in [0.2, 0.25) is 0 Å². The molecule has 3 aliphatic carbocycles. The summed E-state index contributed by atoms with van der Waals surface area (Å²) in [4.78, 5) is 70.2. The molecule has 2 aliphatic heterocycles. The molecular weight excluding hydrogens is 510 g/mol. The van der Waals surface area contributed by atoms with Gasteiger partial charge in [0.2, 0.25) is 23.6 Å². The molecule has 0 radical (unpaired) electrons. The van der Waals surface area contributed by atoms with E-state index >= 15 is 0 Å². The molecule has 4 amide bonds. The third kappa shape index (κ3) is 3.17. The van der Waals surface area contributed by atoms with Gasteiger partial charge in [-0.15, -0.1) is 0 Å². The molecular formula is C29H24F2N2O6. The lowest BCUT2D eigenvalue weighted by atomic mass is 9.45. The Morgan fingerprint density at radius 3 is 1.56 bits per heavy atom. The van der Waals surface area contributed by atoms with Gasteiger partial charge in [-0.2, -0.15) is 0 Å². The Hall–Kier alpha value is -4.21. The number of carbonyl (C=O) groups is 5. The highest BCUT2D eigenvalue weighted by molar-refractivity contribution is 6.27. The Morgan fingerprint density at radius 2 is 1.18 bits per heavy atom. The average molecular weight is 535 g/mol. The number of imide groups is 2. The van der Waals surface area contributed by atoms with Gasteiger partial charge in [-0.05, 0) is 61.0 Å². The van der Waals surface area contributed by atoms with Gasteiger partial charge < -0.3 is 4.74 Å². The topological polar surface area (TPSA) is 101 Å². The smallest absolute Gasteiger partial charge is 0.310 e. The molecule has 0 aromatic heterocycles. The van der Waals surface area contributed by atoms with E-state index in [0.29, 0.717) is 5.57 Å². The zero-order valence-electron chi connectivity index (χ0n) is 21.3. The molecule has 0 spiro atoms. The predicted molar refractivity (Wildman–Crippen MR) is 132 cm³/mol. The van der Waals surface area contributed by atoms with Crippen LogP contribution in [0.1, 0.15) is 27.2 Å². The monoisotopic (exact) mass is 534 g/mol. The summed E-state index contributed by atoms with van der Waals surface area (Å²) in [6.45, 7) is 4.86. The van der Waals surface area contributed by atoms with Gasteiger partial charge in [0.1, 0.15) is 17.4 Å². The van der Waals surface area contributed by atoms with E-state index in [-0.39, 0.29) is 23.6 Å². The van der Waals surface area contributed by atoms with Crippen molar-refractivity contribution in [3.63, 3.8) is 0 Å². The van der Waals surface area contributed by atoms with E-state index < -0.39 is 76.2 Å². The van der Waals surface area contributed by atoms with Crippen molar-refractivity contribution in [2.75, 3.05) is 9.80 Å². The number of anilines is 2. The Morgan fingerprint density at radius 1 is 0.769 bits per heavy atom. The van der Waals surface area contributed by atoms with E-state index in [1.807, 2.05) is 0 Å². The first-order valence-corrected chi connectivity index (χ1v) is 12.7. The van der Waals surface area contributed by atoms with Crippen molar-refractivity contribution < 1.29 is 37.5 Å². The zero-order chi connectivity index (χ0) is 28.0. The van der Waals surface area contributed by atoms with Crippen LogP contribution in [0.5, 0.6) is 0 Å². The van der Waals surface area contributed by atoms with Gasteiger partial charge in [0, 0.05) is 12.3 Å². The van der Waals surface area contributed by atoms with Crippen molar-refractivity contribution in [1.82, 2.24) is 0 Å². The Labute approximate surface area is 222 Å². The van der Waals surface area contributed by atoms with Crippen LogP contribution in [0.3, 0.4) is 0 Å². The summed E-state index contributed by atoms with van der Waals surface area (Å²) in [6, 6.07) is 9.81. The summed E-state index contributed by atoms with van der Waals surface area (Å²) < 4.78 is 33.0. The minimum atomic E-state index is -1.51. The fourth-order valence-electron chi connectivity index (χ4n) is 7.25. The number of amides is 4. The lowest BCUT2D eigenvalue weighted by Crippen LogP contribution is -2.60. The number of hydrogen-bond acceptors (Lipinski definition) is 6. The van der Waals surface area contributed by atoms with Crippen LogP contribution in [0.4, 0.5) is 20.2 Å². The minimum Gasteiger partial charge on any atom is -0.430 e. The maximum atomic E-state index is 14.0. The molecule has 2 bridgehead atoms. The molecule has 4 unspecified atom stereocenters.